The van der Waals surface area contributed by atoms with Gasteiger partial charge in [-0.1, -0.05) is 12.1 Å². The monoisotopic (exact) mass is 389 g/mol. The molecule has 0 bridgehead atoms. The summed E-state index contributed by atoms with van der Waals surface area (Å²) in [7, 11) is 1.57. The molecule has 28 heavy (non-hydrogen) atoms. The van der Waals surface area contributed by atoms with E-state index < -0.39 is 0 Å². The van der Waals surface area contributed by atoms with E-state index in [1.54, 1.807) is 28.7 Å². The Balaban J connectivity index is 1.54. The van der Waals surface area contributed by atoms with E-state index in [1.165, 1.54) is 0 Å². The molecule has 0 aliphatic carbocycles. The number of carbonyl (C=O) groups is 3. The summed E-state index contributed by atoms with van der Waals surface area (Å²) < 4.78 is 10.4. The maximum Gasteiger partial charge on any atom is 0.325 e. The van der Waals surface area contributed by atoms with Crippen LogP contribution in [0.2, 0.25) is 0 Å². The molecule has 2 saturated heterocycles. The Morgan fingerprint density at radius 3 is 2.50 bits per heavy atom. The van der Waals surface area contributed by atoms with Crippen molar-refractivity contribution in [2.75, 3.05) is 51.3 Å². The zero-order valence-electron chi connectivity index (χ0n) is 16.4. The summed E-state index contributed by atoms with van der Waals surface area (Å²) >= 11 is 0. The summed E-state index contributed by atoms with van der Waals surface area (Å²) in [6, 6.07) is 7.16. The minimum atomic E-state index is -0.195. The Bertz CT molecular complexity index is 730. The van der Waals surface area contributed by atoms with Crippen LogP contribution in [0.3, 0.4) is 0 Å². The van der Waals surface area contributed by atoms with E-state index in [2.05, 4.69) is 0 Å². The molecule has 0 atom stereocenters. The quantitative estimate of drug-likeness (QED) is 0.693. The second kappa shape index (κ2) is 8.95. The van der Waals surface area contributed by atoms with Gasteiger partial charge in [-0.15, -0.1) is 0 Å². The number of carbonyl (C=O) groups excluding carboxylic acids is 3. The number of urea groups is 1. The maximum absolute atomic E-state index is 12.8. The molecule has 8 heteroatoms. The number of hydrogen-bond donors (Lipinski definition) is 0. The van der Waals surface area contributed by atoms with E-state index in [4.69, 9.17) is 9.47 Å². The molecule has 8 nitrogen and oxygen atoms in total. The van der Waals surface area contributed by atoms with Crippen molar-refractivity contribution in [3.05, 3.63) is 24.3 Å². The van der Waals surface area contributed by atoms with Crippen LogP contribution >= 0.6 is 0 Å². The Labute approximate surface area is 165 Å². The highest BCUT2D eigenvalue weighted by Gasteiger charge is 2.34. The van der Waals surface area contributed by atoms with Crippen molar-refractivity contribution < 1.29 is 23.9 Å². The first-order valence-corrected chi connectivity index (χ1v) is 9.69. The van der Waals surface area contributed by atoms with Crippen molar-refractivity contribution in [2.45, 2.75) is 19.8 Å². The number of amides is 3. The highest BCUT2D eigenvalue weighted by molar-refractivity contribution is 5.97. The zero-order valence-corrected chi connectivity index (χ0v) is 16.4. The van der Waals surface area contributed by atoms with Gasteiger partial charge in [0.1, 0.15) is 12.3 Å². The molecular weight excluding hydrogens is 362 g/mol. The van der Waals surface area contributed by atoms with Gasteiger partial charge in [0, 0.05) is 26.2 Å². The first-order valence-electron chi connectivity index (χ1n) is 9.69. The van der Waals surface area contributed by atoms with Crippen LogP contribution in [-0.2, 0) is 14.3 Å². The van der Waals surface area contributed by atoms with Crippen LogP contribution in [-0.4, -0.2) is 74.1 Å². The molecule has 2 aliphatic heterocycles. The molecule has 0 spiro atoms. The van der Waals surface area contributed by atoms with Crippen LogP contribution in [0.5, 0.6) is 5.75 Å². The number of esters is 1. The minimum Gasteiger partial charge on any atom is -0.495 e. The molecule has 2 aliphatic rings. The Kier molecular flexibility index (Phi) is 6.38. The van der Waals surface area contributed by atoms with Crippen LogP contribution in [0.15, 0.2) is 24.3 Å². The van der Waals surface area contributed by atoms with Gasteiger partial charge in [0.2, 0.25) is 5.91 Å². The molecule has 3 amide bonds. The Morgan fingerprint density at radius 1 is 1.11 bits per heavy atom. The molecule has 0 unspecified atom stereocenters. The van der Waals surface area contributed by atoms with Gasteiger partial charge in [-0.2, -0.15) is 0 Å². The fraction of sp³-hybridized carbons (Fsp3) is 0.550. The summed E-state index contributed by atoms with van der Waals surface area (Å²) in [6.45, 7) is 4.24. The van der Waals surface area contributed by atoms with Crippen molar-refractivity contribution in [3.8, 4) is 5.75 Å². The molecule has 2 heterocycles. The molecule has 0 saturated carbocycles. The molecule has 3 rings (SSSR count). The highest BCUT2D eigenvalue weighted by atomic mass is 16.5. The normalized spacial score (nSPS) is 17.8. The average molecular weight is 389 g/mol. The first kappa shape index (κ1) is 20.0. The van der Waals surface area contributed by atoms with Crippen LogP contribution in [0, 0.1) is 5.92 Å². The number of anilines is 1. The summed E-state index contributed by atoms with van der Waals surface area (Å²) in [5.74, 6) is 0.220. The number of rotatable bonds is 6. The first-order chi connectivity index (χ1) is 13.5. The standard InChI is InChI=1S/C20H27N3O5/c1-3-28-19(25)15-8-10-21(11-9-15)18(24)14-22-12-13-23(20(22)26)16-6-4-5-7-17(16)27-2/h4-7,15H,3,8-14H2,1-2H3. The number of nitrogens with zero attached hydrogens (tertiary/aromatic N) is 3. The van der Waals surface area contributed by atoms with Gasteiger partial charge in [0.05, 0.1) is 25.3 Å². The Hall–Kier alpha value is -2.77. The number of ether oxygens (including phenoxy) is 2. The lowest BCUT2D eigenvalue weighted by molar-refractivity contribution is -0.151. The van der Waals surface area contributed by atoms with Crippen molar-refractivity contribution in [1.82, 2.24) is 9.80 Å². The van der Waals surface area contributed by atoms with E-state index in [0.717, 1.165) is 0 Å². The number of piperidine rings is 1. The van der Waals surface area contributed by atoms with Crippen LogP contribution in [0.25, 0.3) is 0 Å². The van der Waals surface area contributed by atoms with E-state index >= 15 is 0 Å². The van der Waals surface area contributed by atoms with Gasteiger partial charge in [-0.25, -0.2) is 4.79 Å². The van der Waals surface area contributed by atoms with Crippen molar-refractivity contribution in [2.24, 2.45) is 5.92 Å². The van der Waals surface area contributed by atoms with E-state index in [9.17, 15) is 14.4 Å². The SMILES string of the molecule is CCOC(=O)C1CCN(C(=O)CN2CCN(c3ccccc3OC)C2=O)CC1. The summed E-state index contributed by atoms with van der Waals surface area (Å²) in [6.07, 6.45) is 1.21. The van der Waals surface area contributed by atoms with Gasteiger partial charge < -0.3 is 19.3 Å². The lowest BCUT2D eigenvalue weighted by Gasteiger charge is -2.32. The Morgan fingerprint density at radius 2 is 1.82 bits per heavy atom. The molecule has 2 fully saturated rings. The van der Waals surface area contributed by atoms with Crippen LogP contribution < -0.4 is 9.64 Å². The number of para-hydroxylation sites is 2. The van der Waals surface area contributed by atoms with Crippen LogP contribution in [0.1, 0.15) is 19.8 Å². The third-order valence-corrected chi connectivity index (χ3v) is 5.26. The second-order valence-corrected chi connectivity index (χ2v) is 6.93. The molecule has 0 aromatic heterocycles. The lowest BCUT2D eigenvalue weighted by Crippen LogP contribution is -2.46. The van der Waals surface area contributed by atoms with Gasteiger partial charge in [-0.05, 0) is 31.9 Å². The number of benzene rings is 1. The van der Waals surface area contributed by atoms with E-state index in [-0.39, 0.29) is 30.4 Å². The fourth-order valence-corrected chi connectivity index (χ4v) is 3.69. The van der Waals surface area contributed by atoms with Crippen molar-refractivity contribution >= 4 is 23.6 Å². The van der Waals surface area contributed by atoms with Crippen LogP contribution in [0.4, 0.5) is 10.5 Å². The van der Waals surface area contributed by atoms with E-state index in [1.807, 2.05) is 24.3 Å². The van der Waals surface area contributed by atoms with Crippen molar-refractivity contribution in [1.29, 1.82) is 0 Å². The second-order valence-electron chi connectivity index (χ2n) is 6.93. The van der Waals surface area contributed by atoms with Gasteiger partial charge >= 0.3 is 12.0 Å². The highest BCUT2D eigenvalue weighted by Crippen LogP contribution is 2.30. The molecule has 0 N–H and O–H groups in total. The third kappa shape index (κ3) is 4.21. The third-order valence-electron chi connectivity index (χ3n) is 5.26. The van der Waals surface area contributed by atoms with Gasteiger partial charge in [0.15, 0.2) is 0 Å². The van der Waals surface area contributed by atoms with Gasteiger partial charge in [0.25, 0.3) is 0 Å². The predicted molar refractivity (Wildman–Crippen MR) is 103 cm³/mol. The minimum absolute atomic E-state index is 0.0502. The number of likely N-dealkylation sites (tertiary alicyclic amines) is 1. The molecular formula is C20H27N3O5. The summed E-state index contributed by atoms with van der Waals surface area (Å²) in [5, 5.41) is 0. The average Bonchev–Trinajstić information content (AvgIpc) is 3.08. The smallest absolute Gasteiger partial charge is 0.325 e. The van der Waals surface area contributed by atoms with Crippen molar-refractivity contribution in [3.63, 3.8) is 0 Å². The number of hydrogen-bond acceptors (Lipinski definition) is 5. The zero-order chi connectivity index (χ0) is 20.1. The summed E-state index contributed by atoms with van der Waals surface area (Å²) in [5.41, 5.74) is 0.709. The molecule has 0 radical (unpaired) electrons. The predicted octanol–water partition coefficient (Wildman–Crippen LogP) is 1.74. The summed E-state index contributed by atoms with van der Waals surface area (Å²) in [4.78, 5) is 42.2. The lowest BCUT2D eigenvalue weighted by atomic mass is 9.97. The molecule has 152 valence electrons. The van der Waals surface area contributed by atoms with E-state index in [0.29, 0.717) is 57.1 Å². The fourth-order valence-electron chi connectivity index (χ4n) is 3.69. The molecule has 1 aromatic rings. The number of methoxy groups -OCH3 is 1. The molecule has 1 aromatic carbocycles. The maximum atomic E-state index is 12.8. The topological polar surface area (TPSA) is 79.4 Å². The van der Waals surface area contributed by atoms with Gasteiger partial charge in [-0.3, -0.25) is 14.5 Å². The largest absolute Gasteiger partial charge is 0.495 e.